The second-order valence-corrected chi connectivity index (χ2v) is 3.39. The van der Waals surface area contributed by atoms with Gasteiger partial charge in [-0.15, -0.1) is 0 Å². The maximum Gasteiger partial charge on any atom is 0.348 e. The van der Waals surface area contributed by atoms with Crippen LogP contribution in [0.4, 0.5) is 0 Å². The predicted octanol–water partition coefficient (Wildman–Crippen LogP) is -0.519. The van der Waals surface area contributed by atoms with Crippen LogP contribution in [0.5, 0.6) is 0 Å². The van der Waals surface area contributed by atoms with Crippen molar-refractivity contribution in [3.63, 3.8) is 0 Å². The van der Waals surface area contributed by atoms with Crippen molar-refractivity contribution in [1.29, 1.82) is 0 Å². The number of hydrogen-bond acceptors (Lipinski definition) is 3. The standard InChI is InChI=1S/C10H9N3O4/c14-8(15)5-6-3-1-2-4-7(6)13-9(16)11-12-10(13)17/h1-4H,5H2,(H,11,16)(H,12,17)(H,14,15). The number of aromatic nitrogens is 3. The number of benzene rings is 1. The van der Waals surface area contributed by atoms with E-state index in [0.717, 1.165) is 4.57 Å². The van der Waals surface area contributed by atoms with Crippen molar-refractivity contribution in [1.82, 2.24) is 14.8 Å². The van der Waals surface area contributed by atoms with E-state index in [1.54, 1.807) is 18.2 Å². The molecule has 1 aromatic carbocycles. The molecular formula is C10H9N3O4. The number of nitrogens with one attached hydrogen (secondary N) is 2. The second kappa shape index (κ2) is 4.12. The molecule has 7 heteroatoms. The molecule has 1 aromatic heterocycles. The molecule has 0 bridgehead atoms. The monoisotopic (exact) mass is 235 g/mol. The maximum absolute atomic E-state index is 11.4. The summed E-state index contributed by atoms with van der Waals surface area (Å²) < 4.78 is 0.859. The Morgan fingerprint density at radius 2 is 1.76 bits per heavy atom. The van der Waals surface area contributed by atoms with Crippen LogP contribution in [0.1, 0.15) is 5.56 Å². The van der Waals surface area contributed by atoms with Gasteiger partial charge in [0.2, 0.25) is 0 Å². The highest BCUT2D eigenvalue weighted by Gasteiger charge is 2.12. The van der Waals surface area contributed by atoms with Gasteiger partial charge in [-0.05, 0) is 11.6 Å². The summed E-state index contributed by atoms with van der Waals surface area (Å²) in [7, 11) is 0. The van der Waals surface area contributed by atoms with E-state index in [2.05, 4.69) is 10.2 Å². The summed E-state index contributed by atoms with van der Waals surface area (Å²) in [6.45, 7) is 0. The van der Waals surface area contributed by atoms with Gasteiger partial charge in [-0.2, -0.15) is 0 Å². The lowest BCUT2D eigenvalue weighted by atomic mass is 10.1. The smallest absolute Gasteiger partial charge is 0.348 e. The zero-order valence-corrected chi connectivity index (χ0v) is 8.64. The van der Waals surface area contributed by atoms with Gasteiger partial charge >= 0.3 is 17.3 Å². The van der Waals surface area contributed by atoms with E-state index in [1.165, 1.54) is 6.07 Å². The van der Waals surface area contributed by atoms with E-state index in [9.17, 15) is 14.4 Å². The average molecular weight is 235 g/mol. The molecule has 88 valence electrons. The number of aromatic amines is 2. The highest BCUT2D eigenvalue weighted by molar-refractivity contribution is 5.71. The van der Waals surface area contributed by atoms with Gasteiger partial charge in [0.15, 0.2) is 0 Å². The summed E-state index contributed by atoms with van der Waals surface area (Å²) >= 11 is 0. The first-order chi connectivity index (χ1) is 8.09. The number of carboxylic acid groups (broad SMARTS) is 1. The minimum atomic E-state index is -1.03. The number of rotatable bonds is 3. The Kier molecular flexibility index (Phi) is 2.65. The van der Waals surface area contributed by atoms with E-state index in [4.69, 9.17) is 5.11 Å². The summed E-state index contributed by atoms with van der Waals surface area (Å²) in [5.74, 6) is -1.03. The number of H-pyrrole nitrogens is 2. The molecule has 0 atom stereocenters. The van der Waals surface area contributed by atoms with Crippen LogP contribution in [0.3, 0.4) is 0 Å². The van der Waals surface area contributed by atoms with Crippen LogP contribution in [-0.4, -0.2) is 25.8 Å². The molecule has 2 rings (SSSR count). The number of para-hydroxylation sites is 1. The lowest BCUT2D eigenvalue weighted by Gasteiger charge is -2.05. The van der Waals surface area contributed by atoms with E-state index < -0.39 is 17.3 Å². The zero-order chi connectivity index (χ0) is 12.4. The lowest BCUT2D eigenvalue weighted by molar-refractivity contribution is -0.136. The predicted molar refractivity (Wildman–Crippen MR) is 58.4 cm³/mol. The third-order valence-electron chi connectivity index (χ3n) is 2.26. The molecule has 17 heavy (non-hydrogen) atoms. The summed E-state index contributed by atoms with van der Waals surface area (Å²) in [6.07, 6.45) is -0.257. The number of nitrogens with zero attached hydrogens (tertiary/aromatic N) is 1. The molecule has 0 aliphatic rings. The van der Waals surface area contributed by atoms with Crippen molar-refractivity contribution in [2.75, 3.05) is 0 Å². The van der Waals surface area contributed by atoms with Crippen molar-refractivity contribution in [3.8, 4) is 5.69 Å². The minimum absolute atomic E-state index is 0.257. The number of aliphatic carboxylic acids is 1. The van der Waals surface area contributed by atoms with Gasteiger partial charge in [0.05, 0.1) is 12.1 Å². The van der Waals surface area contributed by atoms with E-state index >= 15 is 0 Å². The first kappa shape index (κ1) is 10.9. The normalized spacial score (nSPS) is 10.4. The van der Waals surface area contributed by atoms with Gasteiger partial charge in [-0.1, -0.05) is 18.2 Å². The fourth-order valence-electron chi connectivity index (χ4n) is 1.57. The molecule has 0 aliphatic carbocycles. The molecule has 1 heterocycles. The van der Waals surface area contributed by atoms with Crippen LogP contribution in [-0.2, 0) is 11.2 Å². The summed E-state index contributed by atoms with van der Waals surface area (Å²) in [5, 5.41) is 13.0. The topological polar surface area (TPSA) is 108 Å². The number of carboxylic acids is 1. The number of carbonyl (C=O) groups is 1. The van der Waals surface area contributed by atoms with Crippen molar-refractivity contribution in [2.24, 2.45) is 0 Å². The molecule has 7 nitrogen and oxygen atoms in total. The van der Waals surface area contributed by atoms with Crippen LogP contribution in [0.15, 0.2) is 33.9 Å². The molecule has 0 radical (unpaired) electrons. The Morgan fingerprint density at radius 3 is 2.35 bits per heavy atom. The number of hydrogen-bond donors (Lipinski definition) is 3. The molecule has 0 amide bonds. The van der Waals surface area contributed by atoms with Crippen LogP contribution >= 0.6 is 0 Å². The van der Waals surface area contributed by atoms with Gasteiger partial charge in [-0.3, -0.25) is 4.79 Å². The van der Waals surface area contributed by atoms with Crippen LogP contribution < -0.4 is 11.4 Å². The second-order valence-electron chi connectivity index (χ2n) is 3.39. The van der Waals surface area contributed by atoms with Crippen LogP contribution in [0.25, 0.3) is 5.69 Å². The molecule has 0 unspecified atom stereocenters. The summed E-state index contributed by atoms with van der Waals surface area (Å²) in [4.78, 5) is 33.5. The first-order valence-corrected chi connectivity index (χ1v) is 4.79. The third-order valence-corrected chi connectivity index (χ3v) is 2.26. The molecule has 0 saturated carbocycles. The summed E-state index contributed by atoms with van der Waals surface area (Å²) in [5.41, 5.74) is -0.602. The first-order valence-electron chi connectivity index (χ1n) is 4.79. The van der Waals surface area contributed by atoms with E-state index in [1.807, 2.05) is 0 Å². The minimum Gasteiger partial charge on any atom is -0.481 e. The molecule has 0 spiro atoms. The lowest BCUT2D eigenvalue weighted by Crippen LogP contribution is -2.26. The van der Waals surface area contributed by atoms with Crippen molar-refractivity contribution in [3.05, 3.63) is 50.8 Å². The highest BCUT2D eigenvalue weighted by atomic mass is 16.4. The van der Waals surface area contributed by atoms with Gasteiger partial charge in [0.25, 0.3) is 0 Å². The van der Waals surface area contributed by atoms with Gasteiger partial charge in [-0.25, -0.2) is 24.4 Å². The van der Waals surface area contributed by atoms with Crippen molar-refractivity contribution in [2.45, 2.75) is 6.42 Å². The Balaban J connectivity index is 2.64. The van der Waals surface area contributed by atoms with Crippen LogP contribution in [0, 0.1) is 0 Å². The molecule has 3 N–H and O–H groups in total. The van der Waals surface area contributed by atoms with E-state index in [0.29, 0.717) is 5.56 Å². The van der Waals surface area contributed by atoms with Crippen LogP contribution in [0.2, 0.25) is 0 Å². The molecule has 2 aromatic rings. The third kappa shape index (κ3) is 2.03. The largest absolute Gasteiger partial charge is 0.481 e. The molecule has 0 aliphatic heterocycles. The van der Waals surface area contributed by atoms with Gasteiger partial charge in [0.1, 0.15) is 0 Å². The maximum atomic E-state index is 11.4. The summed E-state index contributed by atoms with van der Waals surface area (Å²) in [6, 6.07) is 6.35. The highest BCUT2D eigenvalue weighted by Crippen LogP contribution is 2.11. The average Bonchev–Trinajstić information content (AvgIpc) is 2.59. The quantitative estimate of drug-likeness (QED) is 0.665. The molecule has 0 fully saturated rings. The van der Waals surface area contributed by atoms with E-state index in [-0.39, 0.29) is 12.1 Å². The van der Waals surface area contributed by atoms with Crippen molar-refractivity contribution < 1.29 is 9.90 Å². The fourth-order valence-corrected chi connectivity index (χ4v) is 1.57. The Morgan fingerprint density at radius 1 is 1.18 bits per heavy atom. The van der Waals surface area contributed by atoms with Gasteiger partial charge < -0.3 is 5.11 Å². The van der Waals surface area contributed by atoms with Gasteiger partial charge in [0, 0.05) is 0 Å². The molecule has 0 saturated heterocycles. The SMILES string of the molecule is O=C(O)Cc1ccccc1-n1c(=O)[nH][nH]c1=O. The van der Waals surface area contributed by atoms with Crippen molar-refractivity contribution >= 4 is 5.97 Å². The zero-order valence-electron chi connectivity index (χ0n) is 8.64. The Hall–Kier alpha value is -2.57. The Bertz CT molecular complexity index is 637. The Labute approximate surface area is 94.3 Å². The fraction of sp³-hybridized carbons (Fsp3) is 0.100. The molecular weight excluding hydrogens is 226 g/mol.